The van der Waals surface area contributed by atoms with Crippen LogP contribution >= 0.6 is 0 Å². The van der Waals surface area contributed by atoms with Crippen LogP contribution in [0.3, 0.4) is 0 Å². The lowest BCUT2D eigenvalue weighted by Gasteiger charge is -2.34. The zero-order valence-electron chi connectivity index (χ0n) is 18.3. The second-order valence-electron chi connectivity index (χ2n) is 7.44. The van der Waals surface area contributed by atoms with E-state index in [4.69, 9.17) is 15.7 Å². The number of carbonyl (C=O) groups excluding carboxylic acids is 2. The Bertz CT molecular complexity index is 1230. The molecule has 3 rings (SSSR count). The molecule has 2 amide bonds. The molecule has 1 heterocycles. The number of rotatable bonds is 7. The number of ether oxygens (including phenoxy) is 2. The molecule has 0 radical (unpaired) electrons. The van der Waals surface area contributed by atoms with Gasteiger partial charge in [-0.1, -0.05) is 0 Å². The fraction of sp³-hybridized carbons (Fsp3) is 0.273. The van der Waals surface area contributed by atoms with E-state index in [-0.39, 0.29) is 31.1 Å². The number of nitrogens with zero attached hydrogens (tertiary/aromatic N) is 2. The largest absolute Gasteiger partial charge is 0.573 e. The molecule has 1 saturated heterocycles. The lowest BCUT2D eigenvalue weighted by Crippen LogP contribution is -2.55. The van der Waals surface area contributed by atoms with Gasteiger partial charge < -0.3 is 35.6 Å². The Morgan fingerprint density at radius 3 is 2.64 bits per heavy atom. The van der Waals surface area contributed by atoms with Crippen molar-refractivity contribution in [1.82, 2.24) is 0 Å². The van der Waals surface area contributed by atoms with Crippen molar-refractivity contribution in [3.8, 4) is 11.8 Å². The summed E-state index contributed by atoms with van der Waals surface area (Å²) in [5.41, 5.74) is 5.54. The number of aliphatic hydroxyl groups excluding tert-OH is 1. The molecule has 36 heavy (non-hydrogen) atoms. The Morgan fingerprint density at radius 2 is 2.03 bits per heavy atom. The fourth-order valence-corrected chi connectivity index (χ4v) is 3.49. The van der Waals surface area contributed by atoms with Gasteiger partial charge in [0.1, 0.15) is 5.75 Å². The van der Waals surface area contributed by atoms with Crippen molar-refractivity contribution in [2.24, 2.45) is 5.73 Å². The quantitative estimate of drug-likeness (QED) is 0.430. The zero-order valence-corrected chi connectivity index (χ0v) is 18.3. The Hall–Kier alpha value is -4.19. The van der Waals surface area contributed by atoms with E-state index in [1.807, 2.05) is 6.07 Å². The molecule has 0 aromatic heterocycles. The third-order valence-corrected chi connectivity index (χ3v) is 5.11. The number of benzene rings is 2. The van der Waals surface area contributed by atoms with Crippen LogP contribution in [0.25, 0.3) is 0 Å². The van der Waals surface area contributed by atoms with Gasteiger partial charge in [0.2, 0.25) is 0 Å². The van der Waals surface area contributed by atoms with Crippen LogP contribution in [0.15, 0.2) is 36.4 Å². The van der Waals surface area contributed by atoms with Gasteiger partial charge in [-0.15, -0.1) is 13.2 Å². The van der Waals surface area contributed by atoms with Crippen LogP contribution in [0.1, 0.15) is 21.5 Å². The average Bonchev–Trinajstić information content (AvgIpc) is 2.82. The number of halogens is 3. The van der Waals surface area contributed by atoms with E-state index in [0.717, 1.165) is 17.0 Å². The topological polar surface area (TPSA) is 175 Å². The predicted octanol–water partition coefficient (Wildman–Crippen LogP) is 1.35. The Balaban J connectivity index is 1.81. The van der Waals surface area contributed by atoms with E-state index >= 15 is 0 Å². The first kappa shape index (κ1) is 26.4. The molecule has 190 valence electrons. The number of carbonyl (C=O) groups is 3. The molecule has 5 N–H and O–H groups in total. The number of hydrogen-bond acceptors (Lipinski definition) is 8. The molecule has 0 aliphatic carbocycles. The maximum absolute atomic E-state index is 13.0. The molecule has 11 nitrogen and oxygen atoms in total. The van der Waals surface area contributed by atoms with Crippen molar-refractivity contribution in [3.05, 3.63) is 53.1 Å². The third-order valence-electron chi connectivity index (χ3n) is 5.11. The highest BCUT2D eigenvalue weighted by atomic mass is 19.4. The summed E-state index contributed by atoms with van der Waals surface area (Å²) in [4.78, 5) is 38.1. The SMILES string of the molecule is N#Cc1ccc(NC(=O)C(O)C2OCCN(c3ccc(OC(F)(F)F)cc3C(=O)O)C2=O)cc1CN. The summed E-state index contributed by atoms with van der Waals surface area (Å²) >= 11 is 0. The minimum atomic E-state index is -5.06. The molecule has 2 aromatic carbocycles. The molecule has 0 spiro atoms. The standard InChI is InChI=1S/C22H19F3N4O7/c23-22(24,25)36-14-3-4-16(15(8-14)21(33)34)29-5-6-35-18(20(29)32)17(30)19(31)28-13-2-1-11(9-26)12(7-13)10-27/h1-4,7-8,17-18,30H,5-6,10,27H2,(H,28,31)(H,33,34). The minimum absolute atomic E-state index is 0.00699. The summed E-state index contributed by atoms with van der Waals surface area (Å²) in [5.74, 6) is -4.46. The Labute approximate surface area is 201 Å². The van der Waals surface area contributed by atoms with Crippen molar-refractivity contribution in [3.63, 3.8) is 0 Å². The summed E-state index contributed by atoms with van der Waals surface area (Å²) in [5, 5.41) is 31.4. The van der Waals surface area contributed by atoms with Gasteiger partial charge in [0, 0.05) is 18.8 Å². The summed E-state index contributed by atoms with van der Waals surface area (Å²) < 4.78 is 46.5. The summed E-state index contributed by atoms with van der Waals surface area (Å²) in [6.45, 7) is -0.402. The fourth-order valence-electron chi connectivity index (χ4n) is 3.49. The maximum Gasteiger partial charge on any atom is 0.573 e. The van der Waals surface area contributed by atoms with Crippen LogP contribution in [-0.4, -0.2) is 59.7 Å². The number of amides is 2. The van der Waals surface area contributed by atoms with Crippen LogP contribution in [0.5, 0.6) is 5.75 Å². The van der Waals surface area contributed by atoms with Crippen molar-refractivity contribution in [2.75, 3.05) is 23.4 Å². The Kier molecular flexibility index (Phi) is 7.78. The van der Waals surface area contributed by atoms with Crippen molar-refractivity contribution in [2.45, 2.75) is 25.1 Å². The van der Waals surface area contributed by atoms with Crippen LogP contribution in [0.2, 0.25) is 0 Å². The van der Waals surface area contributed by atoms with E-state index in [0.29, 0.717) is 17.2 Å². The molecule has 14 heteroatoms. The van der Waals surface area contributed by atoms with Crippen LogP contribution < -0.4 is 20.7 Å². The summed E-state index contributed by atoms with van der Waals surface area (Å²) in [6, 6.07) is 8.54. The first-order valence-electron chi connectivity index (χ1n) is 10.2. The highest BCUT2D eigenvalue weighted by Crippen LogP contribution is 2.31. The molecule has 2 aromatic rings. The number of nitriles is 1. The third kappa shape index (κ3) is 5.89. The molecule has 0 saturated carbocycles. The number of anilines is 2. The minimum Gasteiger partial charge on any atom is -0.478 e. The van der Waals surface area contributed by atoms with Crippen molar-refractivity contribution in [1.29, 1.82) is 5.26 Å². The van der Waals surface area contributed by atoms with Gasteiger partial charge in [-0.3, -0.25) is 9.59 Å². The monoisotopic (exact) mass is 508 g/mol. The molecule has 1 aliphatic rings. The van der Waals surface area contributed by atoms with Gasteiger partial charge in [0.05, 0.1) is 29.5 Å². The number of alkyl halides is 3. The summed E-state index contributed by atoms with van der Waals surface area (Å²) in [6.07, 6.45) is -8.83. The van der Waals surface area contributed by atoms with E-state index < -0.39 is 47.7 Å². The van der Waals surface area contributed by atoms with Gasteiger partial charge in [-0.2, -0.15) is 5.26 Å². The Morgan fingerprint density at radius 1 is 1.31 bits per heavy atom. The second kappa shape index (κ2) is 10.6. The zero-order chi connectivity index (χ0) is 26.6. The number of morpholine rings is 1. The first-order valence-corrected chi connectivity index (χ1v) is 10.2. The first-order chi connectivity index (χ1) is 16.9. The highest BCUT2D eigenvalue weighted by Gasteiger charge is 2.40. The van der Waals surface area contributed by atoms with Gasteiger partial charge in [-0.05, 0) is 42.0 Å². The van der Waals surface area contributed by atoms with E-state index in [1.165, 1.54) is 18.2 Å². The maximum atomic E-state index is 13.0. The van der Waals surface area contributed by atoms with Gasteiger partial charge in [0.25, 0.3) is 11.8 Å². The van der Waals surface area contributed by atoms with Crippen LogP contribution in [0, 0.1) is 11.3 Å². The van der Waals surface area contributed by atoms with E-state index in [9.17, 15) is 37.8 Å². The smallest absolute Gasteiger partial charge is 0.478 e. The average molecular weight is 508 g/mol. The lowest BCUT2D eigenvalue weighted by atomic mass is 10.1. The van der Waals surface area contributed by atoms with Gasteiger partial charge in [0.15, 0.2) is 12.2 Å². The van der Waals surface area contributed by atoms with E-state index in [2.05, 4.69) is 10.1 Å². The molecule has 1 aliphatic heterocycles. The molecular formula is C22H19F3N4O7. The van der Waals surface area contributed by atoms with Crippen LogP contribution in [-0.2, 0) is 20.9 Å². The number of hydrogen-bond donors (Lipinski definition) is 4. The van der Waals surface area contributed by atoms with Gasteiger partial charge >= 0.3 is 12.3 Å². The molecule has 2 atom stereocenters. The second-order valence-corrected chi connectivity index (χ2v) is 7.44. The number of nitrogens with two attached hydrogens (primary N) is 1. The van der Waals surface area contributed by atoms with Crippen LogP contribution in [0.4, 0.5) is 24.5 Å². The number of aromatic carboxylic acids is 1. The molecule has 0 bridgehead atoms. The molecule has 1 fully saturated rings. The molecular weight excluding hydrogens is 489 g/mol. The lowest BCUT2D eigenvalue weighted by molar-refractivity contribution is -0.274. The van der Waals surface area contributed by atoms with Crippen molar-refractivity contribution >= 4 is 29.2 Å². The number of aliphatic hydroxyl groups is 1. The number of carboxylic acids is 1. The number of nitrogens with one attached hydrogen (secondary N) is 1. The van der Waals surface area contributed by atoms with Gasteiger partial charge in [-0.25, -0.2) is 4.79 Å². The van der Waals surface area contributed by atoms with E-state index in [1.54, 1.807) is 0 Å². The normalized spacial score (nSPS) is 16.7. The predicted molar refractivity (Wildman–Crippen MR) is 116 cm³/mol. The summed E-state index contributed by atoms with van der Waals surface area (Å²) in [7, 11) is 0. The van der Waals surface area contributed by atoms with Crippen molar-refractivity contribution < 1.29 is 47.2 Å². The molecule has 2 unspecified atom stereocenters. The highest BCUT2D eigenvalue weighted by molar-refractivity contribution is 6.07. The number of carboxylic acid groups (broad SMARTS) is 1.